The molecule has 1 aliphatic heterocycles. The molecule has 0 bridgehead atoms. The molecule has 0 saturated carbocycles. The van der Waals surface area contributed by atoms with Crippen molar-refractivity contribution in [1.82, 2.24) is 10.2 Å². The number of quaternary nitrogens is 1. The minimum atomic E-state index is 0.733. The van der Waals surface area contributed by atoms with Crippen LogP contribution < -0.4 is 5.32 Å². The minimum Gasteiger partial charge on any atom is -0.316 e. The molecule has 1 heterocycles. The maximum Gasteiger partial charge on any atom is 0.134 e. The monoisotopic (exact) mass is 214 g/mol. The first-order valence-electron chi connectivity index (χ1n) is 6.35. The Labute approximate surface area is 95.0 Å². The van der Waals surface area contributed by atoms with Gasteiger partial charge in [0.1, 0.15) is 6.67 Å². The van der Waals surface area contributed by atoms with Crippen LogP contribution in [0.25, 0.3) is 0 Å². The highest BCUT2D eigenvalue weighted by Gasteiger charge is 2.26. The van der Waals surface area contributed by atoms with Crippen LogP contribution in [0.1, 0.15) is 26.7 Å². The summed E-state index contributed by atoms with van der Waals surface area (Å²) in [4.78, 5) is 2.60. The van der Waals surface area contributed by atoms with Gasteiger partial charge in [0.2, 0.25) is 0 Å². The molecule has 1 N–H and O–H groups in total. The van der Waals surface area contributed by atoms with Crippen molar-refractivity contribution >= 4 is 0 Å². The Morgan fingerprint density at radius 2 is 2.07 bits per heavy atom. The van der Waals surface area contributed by atoms with E-state index in [9.17, 15) is 0 Å². The fourth-order valence-electron chi connectivity index (χ4n) is 2.63. The lowest BCUT2D eigenvalue weighted by Gasteiger charge is -2.33. The summed E-state index contributed by atoms with van der Waals surface area (Å²) in [5, 5.41) is 3.54. The van der Waals surface area contributed by atoms with Gasteiger partial charge in [-0.1, -0.05) is 13.8 Å². The zero-order chi connectivity index (χ0) is 11.3. The van der Waals surface area contributed by atoms with Crippen LogP contribution in [0.15, 0.2) is 0 Å². The Kier molecular flexibility index (Phi) is 5.03. The molecule has 1 fully saturated rings. The SMILES string of the molecule is CCC[N+](C)(C)CN1CCC(NCC)C1. The van der Waals surface area contributed by atoms with Gasteiger partial charge in [0.05, 0.1) is 20.6 Å². The Morgan fingerprint density at radius 3 is 2.67 bits per heavy atom. The van der Waals surface area contributed by atoms with Gasteiger partial charge in [-0.05, 0) is 19.4 Å². The van der Waals surface area contributed by atoms with Crippen LogP contribution in [0, 0.1) is 0 Å². The van der Waals surface area contributed by atoms with Gasteiger partial charge in [0.25, 0.3) is 0 Å². The fourth-order valence-corrected chi connectivity index (χ4v) is 2.63. The highest BCUT2D eigenvalue weighted by Crippen LogP contribution is 2.12. The molecular formula is C12H28N3+. The van der Waals surface area contributed by atoms with E-state index in [0.29, 0.717) is 0 Å². The van der Waals surface area contributed by atoms with Gasteiger partial charge in [0.15, 0.2) is 0 Å². The summed E-state index contributed by atoms with van der Waals surface area (Å²) in [7, 11) is 4.67. The third-order valence-corrected chi connectivity index (χ3v) is 3.18. The summed E-state index contributed by atoms with van der Waals surface area (Å²) in [6.45, 7) is 10.6. The molecule has 3 heteroatoms. The molecule has 0 aliphatic carbocycles. The number of nitrogens with one attached hydrogen (secondary N) is 1. The van der Waals surface area contributed by atoms with Gasteiger partial charge in [0, 0.05) is 19.1 Å². The lowest BCUT2D eigenvalue weighted by molar-refractivity contribution is -0.900. The number of hydrogen-bond acceptors (Lipinski definition) is 2. The van der Waals surface area contributed by atoms with Gasteiger partial charge in [-0.3, -0.25) is 4.90 Å². The second kappa shape index (κ2) is 5.83. The predicted molar refractivity (Wildman–Crippen MR) is 65.8 cm³/mol. The Hall–Kier alpha value is -0.120. The van der Waals surface area contributed by atoms with Crippen LogP contribution in [0.3, 0.4) is 0 Å². The summed E-state index contributed by atoms with van der Waals surface area (Å²) in [5.41, 5.74) is 0. The summed E-state index contributed by atoms with van der Waals surface area (Å²) >= 11 is 0. The molecule has 15 heavy (non-hydrogen) atoms. The summed E-state index contributed by atoms with van der Waals surface area (Å²) in [5.74, 6) is 0. The van der Waals surface area contributed by atoms with Crippen molar-refractivity contribution in [2.75, 3.05) is 46.9 Å². The maximum atomic E-state index is 3.54. The molecule has 1 saturated heterocycles. The van der Waals surface area contributed by atoms with Gasteiger partial charge in [-0.15, -0.1) is 0 Å². The Morgan fingerprint density at radius 1 is 1.33 bits per heavy atom. The van der Waals surface area contributed by atoms with E-state index in [0.717, 1.165) is 17.1 Å². The van der Waals surface area contributed by atoms with Crippen LogP contribution in [0.2, 0.25) is 0 Å². The fraction of sp³-hybridized carbons (Fsp3) is 1.00. The molecule has 3 nitrogen and oxygen atoms in total. The molecule has 0 aromatic carbocycles. The molecule has 0 radical (unpaired) electrons. The van der Waals surface area contributed by atoms with Crippen LogP contribution in [-0.2, 0) is 0 Å². The first kappa shape index (κ1) is 12.9. The van der Waals surface area contributed by atoms with E-state index in [4.69, 9.17) is 0 Å². The third-order valence-electron chi connectivity index (χ3n) is 3.18. The summed E-state index contributed by atoms with van der Waals surface area (Å²) in [6.07, 6.45) is 2.59. The van der Waals surface area contributed by atoms with E-state index in [1.54, 1.807) is 0 Å². The van der Waals surface area contributed by atoms with Crippen molar-refractivity contribution in [3.63, 3.8) is 0 Å². The molecular weight excluding hydrogens is 186 g/mol. The topological polar surface area (TPSA) is 15.3 Å². The molecule has 1 rings (SSSR count). The van der Waals surface area contributed by atoms with Crippen molar-refractivity contribution in [2.45, 2.75) is 32.7 Å². The summed E-state index contributed by atoms with van der Waals surface area (Å²) in [6, 6.07) is 0.733. The zero-order valence-corrected chi connectivity index (χ0v) is 10.9. The van der Waals surface area contributed by atoms with E-state index in [1.165, 1.54) is 39.1 Å². The lowest BCUT2D eigenvalue weighted by atomic mass is 10.3. The number of rotatable bonds is 6. The van der Waals surface area contributed by atoms with E-state index in [2.05, 4.69) is 38.2 Å². The molecule has 1 unspecified atom stereocenters. The van der Waals surface area contributed by atoms with Crippen LogP contribution >= 0.6 is 0 Å². The number of likely N-dealkylation sites (N-methyl/N-ethyl adjacent to an activating group) is 1. The van der Waals surface area contributed by atoms with Crippen molar-refractivity contribution < 1.29 is 4.48 Å². The molecule has 0 amide bonds. The second-order valence-corrected chi connectivity index (χ2v) is 5.42. The van der Waals surface area contributed by atoms with Crippen LogP contribution in [0.4, 0.5) is 0 Å². The Balaban J connectivity index is 2.28. The molecule has 1 atom stereocenters. The van der Waals surface area contributed by atoms with Crippen LogP contribution in [-0.4, -0.2) is 62.4 Å². The van der Waals surface area contributed by atoms with Gasteiger partial charge >= 0.3 is 0 Å². The van der Waals surface area contributed by atoms with E-state index < -0.39 is 0 Å². The number of likely N-dealkylation sites (tertiary alicyclic amines) is 1. The lowest BCUT2D eigenvalue weighted by Crippen LogP contribution is -2.48. The molecule has 0 aromatic heterocycles. The first-order valence-corrected chi connectivity index (χ1v) is 6.35. The summed E-state index contributed by atoms with van der Waals surface area (Å²) < 4.78 is 1.13. The smallest absolute Gasteiger partial charge is 0.134 e. The van der Waals surface area contributed by atoms with E-state index in [-0.39, 0.29) is 0 Å². The van der Waals surface area contributed by atoms with Gasteiger partial charge < -0.3 is 9.80 Å². The largest absolute Gasteiger partial charge is 0.316 e. The van der Waals surface area contributed by atoms with E-state index in [1.807, 2.05) is 0 Å². The molecule has 1 aliphatic rings. The Bertz CT molecular complexity index is 180. The van der Waals surface area contributed by atoms with Crippen LogP contribution in [0.5, 0.6) is 0 Å². The highest BCUT2D eigenvalue weighted by atomic mass is 15.4. The van der Waals surface area contributed by atoms with Crippen molar-refractivity contribution in [3.05, 3.63) is 0 Å². The standard InChI is InChI=1S/C12H28N3/c1-5-9-15(3,4)11-14-8-7-12(10-14)13-6-2/h12-13H,5-11H2,1-4H3/q+1. The van der Waals surface area contributed by atoms with Crippen molar-refractivity contribution in [2.24, 2.45) is 0 Å². The predicted octanol–water partition coefficient (Wildman–Crippen LogP) is 1.11. The normalized spacial score (nSPS) is 23.6. The average Bonchev–Trinajstić information content (AvgIpc) is 2.52. The molecule has 90 valence electrons. The molecule has 0 spiro atoms. The zero-order valence-electron chi connectivity index (χ0n) is 10.9. The first-order chi connectivity index (χ1) is 7.07. The third kappa shape index (κ3) is 4.49. The van der Waals surface area contributed by atoms with E-state index >= 15 is 0 Å². The van der Waals surface area contributed by atoms with Gasteiger partial charge in [-0.2, -0.15) is 0 Å². The van der Waals surface area contributed by atoms with Gasteiger partial charge in [-0.25, -0.2) is 0 Å². The highest BCUT2D eigenvalue weighted by molar-refractivity contribution is 4.78. The quantitative estimate of drug-likeness (QED) is 0.667. The number of nitrogens with zero attached hydrogens (tertiary/aromatic N) is 2. The second-order valence-electron chi connectivity index (χ2n) is 5.42. The molecule has 0 aromatic rings. The average molecular weight is 214 g/mol. The minimum absolute atomic E-state index is 0.733. The van der Waals surface area contributed by atoms with Crippen molar-refractivity contribution in [1.29, 1.82) is 0 Å². The van der Waals surface area contributed by atoms with Crippen molar-refractivity contribution in [3.8, 4) is 0 Å². The number of hydrogen-bond donors (Lipinski definition) is 1. The maximum absolute atomic E-state index is 3.54.